The van der Waals surface area contributed by atoms with E-state index in [0.717, 1.165) is 5.69 Å². The van der Waals surface area contributed by atoms with E-state index < -0.39 is 4.92 Å². The number of piperazine rings is 1. The highest BCUT2D eigenvalue weighted by atomic mass is 32.2. The quantitative estimate of drug-likeness (QED) is 0.430. The highest BCUT2D eigenvalue weighted by Gasteiger charge is 2.22. The number of hydrogen-bond acceptors (Lipinski definition) is 8. The van der Waals surface area contributed by atoms with Gasteiger partial charge in [0.25, 0.3) is 5.69 Å². The lowest BCUT2D eigenvalue weighted by molar-refractivity contribution is -0.384. The summed E-state index contributed by atoms with van der Waals surface area (Å²) in [7, 11) is 1.73. The molecule has 11 heteroatoms. The van der Waals surface area contributed by atoms with E-state index in [4.69, 9.17) is 0 Å². The number of aryl methyl sites for hydroxylation is 1. The van der Waals surface area contributed by atoms with Crippen molar-refractivity contribution in [2.24, 2.45) is 7.05 Å². The second kappa shape index (κ2) is 7.47. The number of non-ortho nitro benzene ring substituents is 1. The number of nitro benzene ring substituents is 1. The molecule has 0 spiro atoms. The molecule has 1 aromatic heterocycles. The van der Waals surface area contributed by atoms with E-state index in [1.807, 2.05) is 4.90 Å². The summed E-state index contributed by atoms with van der Waals surface area (Å²) in [5.41, 5.74) is 1.00. The number of thioether (sulfide) groups is 1. The first-order valence-electron chi connectivity index (χ1n) is 7.67. The molecule has 0 radical (unpaired) electrons. The van der Waals surface area contributed by atoms with E-state index >= 15 is 0 Å². The minimum Gasteiger partial charge on any atom is -0.368 e. The smallest absolute Gasteiger partial charge is 0.269 e. The van der Waals surface area contributed by atoms with Crippen molar-refractivity contribution in [2.45, 2.75) is 5.16 Å². The summed E-state index contributed by atoms with van der Waals surface area (Å²) < 4.78 is 1.53. The number of aromatic nitrogens is 4. The standard InChI is InChI=1S/C14H17N7O3S/c1-18-14(15-16-17-18)25-10-13(22)20-8-6-19(7-9-20)11-2-4-12(5-3-11)21(23)24/h2-5H,6-10H2,1H3. The summed E-state index contributed by atoms with van der Waals surface area (Å²) in [4.78, 5) is 26.5. The van der Waals surface area contributed by atoms with Crippen LogP contribution in [0.4, 0.5) is 11.4 Å². The van der Waals surface area contributed by atoms with Crippen LogP contribution in [-0.4, -0.2) is 67.9 Å². The maximum Gasteiger partial charge on any atom is 0.269 e. The Bertz CT molecular complexity index is 756. The second-order valence-corrected chi connectivity index (χ2v) is 6.46. The number of nitro groups is 1. The van der Waals surface area contributed by atoms with Gasteiger partial charge in [-0.1, -0.05) is 11.8 Å². The number of carbonyl (C=O) groups is 1. The minimum atomic E-state index is -0.412. The molecule has 1 fully saturated rings. The highest BCUT2D eigenvalue weighted by Crippen LogP contribution is 2.21. The van der Waals surface area contributed by atoms with Crippen LogP contribution in [0.1, 0.15) is 0 Å². The largest absolute Gasteiger partial charge is 0.368 e. The molecule has 1 aliphatic rings. The van der Waals surface area contributed by atoms with Gasteiger partial charge in [-0.15, -0.1) is 5.10 Å². The van der Waals surface area contributed by atoms with Crippen molar-refractivity contribution in [1.82, 2.24) is 25.1 Å². The first-order chi connectivity index (χ1) is 12.0. The van der Waals surface area contributed by atoms with Crippen LogP contribution < -0.4 is 4.90 Å². The molecule has 1 amide bonds. The normalized spacial score (nSPS) is 14.6. The first-order valence-corrected chi connectivity index (χ1v) is 8.65. The van der Waals surface area contributed by atoms with Crippen LogP contribution in [0.5, 0.6) is 0 Å². The zero-order valence-electron chi connectivity index (χ0n) is 13.6. The van der Waals surface area contributed by atoms with Gasteiger partial charge in [-0.3, -0.25) is 14.9 Å². The van der Waals surface area contributed by atoms with Crippen LogP contribution in [0.3, 0.4) is 0 Å². The number of tetrazole rings is 1. The fourth-order valence-electron chi connectivity index (χ4n) is 2.56. The number of hydrogen-bond donors (Lipinski definition) is 0. The maximum absolute atomic E-state index is 12.3. The fourth-order valence-corrected chi connectivity index (χ4v) is 3.31. The van der Waals surface area contributed by atoms with Gasteiger partial charge >= 0.3 is 0 Å². The Hall–Kier alpha value is -2.69. The lowest BCUT2D eigenvalue weighted by Gasteiger charge is -2.36. The van der Waals surface area contributed by atoms with Gasteiger partial charge in [0.2, 0.25) is 11.1 Å². The molecule has 25 heavy (non-hydrogen) atoms. The van der Waals surface area contributed by atoms with Crippen molar-refractivity contribution in [2.75, 3.05) is 36.8 Å². The van der Waals surface area contributed by atoms with Crippen LogP contribution >= 0.6 is 11.8 Å². The van der Waals surface area contributed by atoms with E-state index in [-0.39, 0.29) is 11.6 Å². The predicted octanol–water partition coefficient (Wildman–Crippen LogP) is 0.559. The number of rotatable bonds is 5. The molecule has 3 rings (SSSR count). The van der Waals surface area contributed by atoms with Crippen molar-refractivity contribution in [3.8, 4) is 0 Å². The van der Waals surface area contributed by atoms with Crippen LogP contribution in [0, 0.1) is 10.1 Å². The summed E-state index contributed by atoms with van der Waals surface area (Å²) in [6.07, 6.45) is 0. The minimum absolute atomic E-state index is 0.0522. The zero-order chi connectivity index (χ0) is 17.8. The van der Waals surface area contributed by atoms with Gasteiger partial charge in [-0.25, -0.2) is 4.68 Å². The molecule has 0 N–H and O–H groups in total. The van der Waals surface area contributed by atoms with Gasteiger partial charge < -0.3 is 9.80 Å². The Balaban J connectivity index is 1.50. The average molecular weight is 363 g/mol. The van der Waals surface area contributed by atoms with Crippen molar-refractivity contribution in [3.63, 3.8) is 0 Å². The molecular formula is C14H17N7O3S. The number of benzene rings is 1. The van der Waals surface area contributed by atoms with Crippen molar-refractivity contribution < 1.29 is 9.72 Å². The van der Waals surface area contributed by atoms with Crippen LogP contribution in [0.15, 0.2) is 29.4 Å². The third-order valence-corrected chi connectivity index (χ3v) is 4.96. The van der Waals surface area contributed by atoms with Gasteiger partial charge in [0.1, 0.15) is 0 Å². The maximum atomic E-state index is 12.3. The Morgan fingerprint density at radius 3 is 2.48 bits per heavy atom. The topological polar surface area (TPSA) is 110 Å². The summed E-state index contributed by atoms with van der Waals surface area (Å²) in [5.74, 6) is 0.350. The molecule has 0 unspecified atom stereocenters. The Morgan fingerprint density at radius 2 is 1.92 bits per heavy atom. The summed E-state index contributed by atoms with van der Waals surface area (Å²) in [5, 5.41) is 22.4. The molecule has 0 saturated carbocycles. The van der Waals surface area contributed by atoms with E-state index in [1.54, 1.807) is 19.2 Å². The third-order valence-electron chi connectivity index (χ3n) is 3.96. The molecule has 0 atom stereocenters. The van der Waals surface area contributed by atoms with Crippen molar-refractivity contribution >= 4 is 29.0 Å². The number of nitrogens with zero attached hydrogens (tertiary/aromatic N) is 7. The van der Waals surface area contributed by atoms with Crippen LogP contribution in [-0.2, 0) is 11.8 Å². The molecule has 2 aromatic rings. The molecule has 0 bridgehead atoms. The third kappa shape index (κ3) is 4.05. The second-order valence-electron chi connectivity index (χ2n) is 5.52. The summed E-state index contributed by atoms with van der Waals surface area (Å²) >= 11 is 1.32. The van der Waals surface area contributed by atoms with Crippen molar-refractivity contribution in [3.05, 3.63) is 34.4 Å². The molecule has 1 aliphatic heterocycles. The van der Waals surface area contributed by atoms with Crippen LogP contribution in [0.25, 0.3) is 0 Å². The molecule has 1 aromatic carbocycles. The average Bonchev–Trinajstić information content (AvgIpc) is 3.05. The van der Waals surface area contributed by atoms with Gasteiger partial charge in [0, 0.05) is 51.0 Å². The Morgan fingerprint density at radius 1 is 1.24 bits per heavy atom. The zero-order valence-corrected chi connectivity index (χ0v) is 14.4. The van der Waals surface area contributed by atoms with Gasteiger partial charge in [0.15, 0.2) is 0 Å². The number of anilines is 1. The van der Waals surface area contributed by atoms with E-state index in [1.165, 1.54) is 28.6 Å². The molecule has 132 valence electrons. The monoisotopic (exact) mass is 363 g/mol. The molecule has 0 aliphatic carbocycles. The molecule has 10 nitrogen and oxygen atoms in total. The summed E-state index contributed by atoms with van der Waals surface area (Å²) in [6.45, 7) is 2.63. The first kappa shape index (κ1) is 17.1. The Kier molecular flexibility index (Phi) is 5.12. The number of amides is 1. The van der Waals surface area contributed by atoms with Crippen LogP contribution in [0.2, 0.25) is 0 Å². The lowest BCUT2D eigenvalue weighted by Crippen LogP contribution is -2.49. The molecular weight excluding hydrogens is 346 g/mol. The molecule has 1 saturated heterocycles. The molecule has 2 heterocycles. The van der Waals surface area contributed by atoms with E-state index in [0.29, 0.717) is 37.1 Å². The highest BCUT2D eigenvalue weighted by molar-refractivity contribution is 7.99. The van der Waals surface area contributed by atoms with Gasteiger partial charge in [-0.2, -0.15) is 0 Å². The van der Waals surface area contributed by atoms with E-state index in [9.17, 15) is 14.9 Å². The van der Waals surface area contributed by atoms with Gasteiger partial charge in [-0.05, 0) is 22.6 Å². The van der Waals surface area contributed by atoms with E-state index in [2.05, 4.69) is 20.4 Å². The fraction of sp³-hybridized carbons (Fsp3) is 0.429. The van der Waals surface area contributed by atoms with Crippen molar-refractivity contribution in [1.29, 1.82) is 0 Å². The number of carbonyl (C=O) groups excluding carboxylic acids is 1. The summed E-state index contributed by atoms with van der Waals surface area (Å²) in [6, 6.07) is 6.48. The Labute approximate surface area is 147 Å². The van der Waals surface area contributed by atoms with Gasteiger partial charge in [0.05, 0.1) is 10.7 Å². The lowest BCUT2D eigenvalue weighted by atomic mass is 10.2. The predicted molar refractivity (Wildman–Crippen MR) is 91.4 cm³/mol. The SMILES string of the molecule is Cn1nnnc1SCC(=O)N1CCN(c2ccc([N+](=O)[O-])cc2)CC1.